The van der Waals surface area contributed by atoms with Crippen molar-refractivity contribution in [3.05, 3.63) is 24.0 Å². The minimum absolute atomic E-state index is 0.342. The second-order valence-corrected chi connectivity index (χ2v) is 3.18. The van der Waals surface area contributed by atoms with E-state index in [2.05, 4.69) is 15.1 Å². The highest BCUT2D eigenvalue weighted by Crippen LogP contribution is 2.14. The van der Waals surface area contributed by atoms with E-state index in [4.69, 9.17) is 11.5 Å². The van der Waals surface area contributed by atoms with Crippen molar-refractivity contribution in [1.29, 1.82) is 0 Å². The van der Waals surface area contributed by atoms with Gasteiger partial charge in [0.15, 0.2) is 5.82 Å². The van der Waals surface area contributed by atoms with E-state index in [0.717, 1.165) is 5.56 Å². The maximum atomic E-state index is 5.71. The summed E-state index contributed by atoms with van der Waals surface area (Å²) in [5.41, 5.74) is 12.6. The quantitative estimate of drug-likeness (QED) is 0.713. The summed E-state index contributed by atoms with van der Waals surface area (Å²) in [6.45, 7) is 0.342. The molecule has 0 radical (unpaired) electrons. The molecule has 0 spiro atoms. The lowest BCUT2D eigenvalue weighted by Crippen LogP contribution is -2.06. The zero-order valence-electron chi connectivity index (χ0n) is 8.38. The fourth-order valence-electron chi connectivity index (χ4n) is 1.23. The third kappa shape index (κ3) is 1.79. The molecule has 2 heterocycles. The van der Waals surface area contributed by atoms with Crippen molar-refractivity contribution in [2.45, 2.75) is 6.54 Å². The molecule has 2 aromatic heterocycles. The summed E-state index contributed by atoms with van der Waals surface area (Å²) >= 11 is 0. The number of nitrogens with two attached hydrogens (primary N) is 2. The van der Waals surface area contributed by atoms with Crippen molar-refractivity contribution in [3.8, 4) is 11.5 Å². The molecule has 2 aromatic rings. The molecule has 0 bridgehead atoms. The summed E-state index contributed by atoms with van der Waals surface area (Å²) < 4.78 is 1.69. The molecule has 4 N–H and O–H groups in total. The molecule has 0 aliphatic heterocycles. The van der Waals surface area contributed by atoms with Gasteiger partial charge >= 0.3 is 0 Å². The molecular weight excluding hydrogens is 192 g/mol. The lowest BCUT2D eigenvalue weighted by molar-refractivity contribution is 0.768. The first-order chi connectivity index (χ1) is 7.20. The van der Waals surface area contributed by atoms with E-state index in [1.54, 1.807) is 10.9 Å². The van der Waals surface area contributed by atoms with Crippen molar-refractivity contribution < 1.29 is 0 Å². The van der Waals surface area contributed by atoms with Gasteiger partial charge in [-0.3, -0.25) is 4.68 Å². The Bertz CT molecular complexity index is 475. The van der Waals surface area contributed by atoms with Gasteiger partial charge < -0.3 is 11.5 Å². The number of nitrogens with zero attached hydrogens (tertiary/aromatic N) is 4. The Labute approximate surface area is 86.9 Å². The predicted molar refractivity (Wildman–Crippen MR) is 56.5 cm³/mol. The molecule has 0 unspecified atom stereocenters. The molecule has 78 valence electrons. The van der Waals surface area contributed by atoms with Crippen LogP contribution in [0, 0.1) is 0 Å². The van der Waals surface area contributed by atoms with Crippen LogP contribution in [0.2, 0.25) is 0 Å². The standard InChI is InChI=1S/C9H12N6/c1-15-3-2-7(14-15)9-12-5-6(4-10)8(11)13-9/h2-3,5H,4,10H2,1H3,(H2,11,12,13). The van der Waals surface area contributed by atoms with E-state index in [1.165, 1.54) is 0 Å². The van der Waals surface area contributed by atoms with Crippen LogP contribution in [0.1, 0.15) is 5.56 Å². The summed E-state index contributed by atoms with van der Waals surface area (Å²) in [4.78, 5) is 8.29. The van der Waals surface area contributed by atoms with Gasteiger partial charge in [0.2, 0.25) is 0 Å². The normalized spacial score (nSPS) is 10.5. The summed E-state index contributed by atoms with van der Waals surface area (Å²) in [7, 11) is 1.83. The van der Waals surface area contributed by atoms with E-state index < -0.39 is 0 Å². The minimum Gasteiger partial charge on any atom is -0.383 e. The summed E-state index contributed by atoms with van der Waals surface area (Å²) in [6.07, 6.45) is 3.46. The third-order valence-electron chi connectivity index (χ3n) is 2.06. The van der Waals surface area contributed by atoms with Crippen LogP contribution in [-0.2, 0) is 13.6 Å². The first-order valence-electron chi connectivity index (χ1n) is 4.52. The van der Waals surface area contributed by atoms with Gasteiger partial charge in [0.05, 0.1) is 0 Å². The fourth-order valence-corrected chi connectivity index (χ4v) is 1.23. The predicted octanol–water partition coefficient (Wildman–Crippen LogP) is -0.0820. The van der Waals surface area contributed by atoms with Gasteiger partial charge in [-0.15, -0.1) is 0 Å². The number of anilines is 1. The van der Waals surface area contributed by atoms with Gasteiger partial charge in [0, 0.05) is 31.5 Å². The topological polar surface area (TPSA) is 95.6 Å². The maximum Gasteiger partial charge on any atom is 0.182 e. The van der Waals surface area contributed by atoms with Crippen LogP contribution in [0.15, 0.2) is 18.5 Å². The SMILES string of the molecule is Cn1ccc(-c2ncc(CN)c(N)n2)n1. The summed E-state index contributed by atoms with van der Waals surface area (Å²) in [5.74, 6) is 0.929. The van der Waals surface area contributed by atoms with Crippen molar-refractivity contribution in [1.82, 2.24) is 19.7 Å². The molecule has 0 saturated carbocycles. The van der Waals surface area contributed by atoms with E-state index in [0.29, 0.717) is 23.9 Å². The van der Waals surface area contributed by atoms with Crippen LogP contribution in [0.3, 0.4) is 0 Å². The zero-order chi connectivity index (χ0) is 10.8. The molecule has 0 aliphatic carbocycles. The van der Waals surface area contributed by atoms with Crippen molar-refractivity contribution >= 4 is 5.82 Å². The molecule has 0 fully saturated rings. The molecule has 0 saturated heterocycles. The number of hydrogen-bond donors (Lipinski definition) is 2. The second-order valence-electron chi connectivity index (χ2n) is 3.18. The third-order valence-corrected chi connectivity index (χ3v) is 2.06. The van der Waals surface area contributed by atoms with E-state index in [-0.39, 0.29) is 0 Å². The van der Waals surface area contributed by atoms with Crippen LogP contribution < -0.4 is 11.5 Å². The lowest BCUT2D eigenvalue weighted by atomic mass is 10.3. The van der Waals surface area contributed by atoms with Gasteiger partial charge in [0.1, 0.15) is 11.5 Å². The fraction of sp³-hybridized carbons (Fsp3) is 0.222. The molecule has 0 amide bonds. The second kappa shape index (κ2) is 3.66. The molecule has 0 atom stereocenters. The summed E-state index contributed by atoms with van der Waals surface area (Å²) in [6, 6.07) is 1.83. The van der Waals surface area contributed by atoms with Crippen LogP contribution in [0.25, 0.3) is 11.5 Å². The Morgan fingerprint density at radius 3 is 2.80 bits per heavy atom. The largest absolute Gasteiger partial charge is 0.383 e. The number of rotatable bonds is 2. The first kappa shape index (κ1) is 9.60. The molecule has 0 aromatic carbocycles. The molecule has 2 rings (SSSR count). The highest BCUT2D eigenvalue weighted by molar-refractivity contribution is 5.52. The van der Waals surface area contributed by atoms with E-state index >= 15 is 0 Å². The molecule has 6 nitrogen and oxygen atoms in total. The van der Waals surface area contributed by atoms with E-state index in [1.807, 2.05) is 19.3 Å². The van der Waals surface area contributed by atoms with Gasteiger partial charge in [-0.05, 0) is 6.07 Å². The molecular formula is C9H12N6. The number of aryl methyl sites for hydroxylation is 1. The highest BCUT2D eigenvalue weighted by atomic mass is 15.3. The molecule has 0 aliphatic rings. The average Bonchev–Trinajstić information content (AvgIpc) is 2.65. The number of hydrogen-bond acceptors (Lipinski definition) is 5. The highest BCUT2D eigenvalue weighted by Gasteiger charge is 2.07. The minimum atomic E-state index is 0.342. The molecule has 15 heavy (non-hydrogen) atoms. The Kier molecular flexibility index (Phi) is 2.34. The maximum absolute atomic E-state index is 5.71. The van der Waals surface area contributed by atoms with Crippen LogP contribution in [-0.4, -0.2) is 19.7 Å². The number of nitrogen functional groups attached to an aromatic ring is 1. The van der Waals surface area contributed by atoms with Gasteiger partial charge in [-0.1, -0.05) is 0 Å². The van der Waals surface area contributed by atoms with Crippen molar-refractivity contribution in [3.63, 3.8) is 0 Å². The van der Waals surface area contributed by atoms with Crippen LogP contribution >= 0.6 is 0 Å². The van der Waals surface area contributed by atoms with E-state index in [9.17, 15) is 0 Å². The average molecular weight is 204 g/mol. The smallest absolute Gasteiger partial charge is 0.182 e. The number of aromatic nitrogens is 4. The molecule has 6 heteroatoms. The van der Waals surface area contributed by atoms with Gasteiger partial charge in [-0.2, -0.15) is 5.10 Å². The van der Waals surface area contributed by atoms with Gasteiger partial charge in [-0.25, -0.2) is 9.97 Å². The Morgan fingerprint density at radius 1 is 1.47 bits per heavy atom. The monoisotopic (exact) mass is 204 g/mol. The van der Waals surface area contributed by atoms with Crippen molar-refractivity contribution in [2.24, 2.45) is 12.8 Å². The summed E-state index contributed by atoms with van der Waals surface area (Å²) in [5, 5.41) is 4.18. The van der Waals surface area contributed by atoms with Crippen LogP contribution in [0.4, 0.5) is 5.82 Å². The zero-order valence-corrected chi connectivity index (χ0v) is 8.38. The Balaban J connectivity index is 2.42. The lowest BCUT2D eigenvalue weighted by Gasteiger charge is -2.02. The van der Waals surface area contributed by atoms with Crippen LogP contribution in [0.5, 0.6) is 0 Å². The van der Waals surface area contributed by atoms with Crippen molar-refractivity contribution in [2.75, 3.05) is 5.73 Å². The Hall–Kier alpha value is -1.95. The van der Waals surface area contributed by atoms with Gasteiger partial charge in [0.25, 0.3) is 0 Å². The Morgan fingerprint density at radius 2 is 2.27 bits per heavy atom. The first-order valence-corrected chi connectivity index (χ1v) is 4.52.